The molecule has 1 saturated heterocycles. The molecule has 1 aliphatic heterocycles. The molecular formula is C13H20N2OS. The summed E-state index contributed by atoms with van der Waals surface area (Å²) in [6, 6.07) is 0.689. The monoisotopic (exact) mass is 252 g/mol. The highest BCUT2D eigenvalue weighted by molar-refractivity contribution is 7.99. The molecule has 1 N–H and O–H groups in total. The van der Waals surface area contributed by atoms with Crippen LogP contribution in [0, 0.1) is 12.3 Å². The molecule has 1 aliphatic carbocycles. The third kappa shape index (κ3) is 3.93. The number of piperidine rings is 1. The Bertz CT molecular complexity index is 309. The lowest BCUT2D eigenvalue weighted by Crippen LogP contribution is -2.51. The summed E-state index contributed by atoms with van der Waals surface area (Å²) in [6.45, 7) is 1.76. The van der Waals surface area contributed by atoms with Gasteiger partial charge in [0.15, 0.2) is 0 Å². The molecule has 0 spiro atoms. The topological polar surface area (TPSA) is 32.3 Å². The Labute approximate surface area is 108 Å². The maximum absolute atomic E-state index is 12.2. The molecule has 1 saturated carbocycles. The number of terminal acetylenes is 1. The van der Waals surface area contributed by atoms with Crippen molar-refractivity contribution in [3.8, 4) is 12.3 Å². The summed E-state index contributed by atoms with van der Waals surface area (Å²) in [7, 11) is 0. The van der Waals surface area contributed by atoms with Gasteiger partial charge in [-0.2, -0.15) is 0 Å². The number of nitrogens with zero attached hydrogens (tertiary/aromatic N) is 1. The number of hydrogen-bond donors (Lipinski definition) is 1. The maximum Gasteiger partial charge on any atom is 0.239 e. The third-order valence-electron chi connectivity index (χ3n) is 3.24. The first-order valence-electron chi connectivity index (χ1n) is 6.37. The molecule has 0 aromatic carbocycles. The van der Waals surface area contributed by atoms with Crippen molar-refractivity contribution in [2.24, 2.45) is 0 Å². The van der Waals surface area contributed by atoms with Crippen molar-refractivity contribution in [1.29, 1.82) is 0 Å². The zero-order valence-electron chi connectivity index (χ0n) is 10.2. The quantitative estimate of drug-likeness (QED) is 0.567. The van der Waals surface area contributed by atoms with Crippen LogP contribution in [0.4, 0.5) is 0 Å². The number of thioether (sulfide) groups is 1. The normalized spacial score (nSPS) is 24.8. The highest BCUT2D eigenvalue weighted by Crippen LogP contribution is 2.22. The fourth-order valence-electron chi connectivity index (χ4n) is 2.16. The second-order valence-electron chi connectivity index (χ2n) is 4.72. The molecule has 1 heterocycles. The summed E-state index contributed by atoms with van der Waals surface area (Å²) < 4.78 is 0. The van der Waals surface area contributed by atoms with E-state index in [4.69, 9.17) is 6.42 Å². The molecule has 94 valence electrons. The van der Waals surface area contributed by atoms with E-state index >= 15 is 0 Å². The van der Waals surface area contributed by atoms with Crippen molar-refractivity contribution in [1.82, 2.24) is 10.2 Å². The molecule has 1 atom stereocenters. The molecule has 0 aromatic heterocycles. The lowest BCUT2D eigenvalue weighted by Gasteiger charge is -2.32. The Morgan fingerprint density at radius 1 is 1.47 bits per heavy atom. The summed E-state index contributed by atoms with van der Waals surface area (Å²) in [5.74, 6) is 4.60. The first-order valence-corrected chi connectivity index (χ1v) is 7.53. The van der Waals surface area contributed by atoms with Crippen LogP contribution in [-0.2, 0) is 4.79 Å². The molecule has 3 nitrogen and oxygen atoms in total. The van der Waals surface area contributed by atoms with Crippen LogP contribution in [0.3, 0.4) is 0 Å². The van der Waals surface area contributed by atoms with E-state index in [0.29, 0.717) is 11.9 Å². The fraction of sp³-hybridized carbons (Fsp3) is 0.769. The van der Waals surface area contributed by atoms with Gasteiger partial charge in [0.05, 0.1) is 11.8 Å². The fourth-order valence-corrected chi connectivity index (χ4v) is 2.77. The van der Waals surface area contributed by atoms with Crippen LogP contribution < -0.4 is 5.32 Å². The molecule has 0 aromatic rings. The summed E-state index contributed by atoms with van der Waals surface area (Å²) in [4.78, 5) is 14.2. The number of amides is 1. The van der Waals surface area contributed by atoms with Crippen molar-refractivity contribution >= 4 is 17.7 Å². The molecule has 2 rings (SSSR count). The highest BCUT2D eigenvalue weighted by atomic mass is 32.2. The summed E-state index contributed by atoms with van der Waals surface area (Å²) in [5.41, 5.74) is 0. The Balaban J connectivity index is 1.73. The Morgan fingerprint density at radius 3 is 3.00 bits per heavy atom. The second kappa shape index (κ2) is 6.32. The Morgan fingerprint density at radius 2 is 2.29 bits per heavy atom. The van der Waals surface area contributed by atoms with Crippen LogP contribution in [0.2, 0.25) is 0 Å². The zero-order chi connectivity index (χ0) is 12.1. The minimum absolute atomic E-state index is 0.0777. The third-order valence-corrected chi connectivity index (χ3v) is 4.08. The minimum Gasteiger partial charge on any atom is -0.341 e. The average molecular weight is 252 g/mol. The van der Waals surface area contributed by atoms with E-state index < -0.39 is 0 Å². The molecule has 4 heteroatoms. The van der Waals surface area contributed by atoms with Crippen molar-refractivity contribution in [3.05, 3.63) is 0 Å². The first-order chi connectivity index (χ1) is 8.31. The number of rotatable bonds is 6. The number of nitrogens with one attached hydrogen (secondary N) is 1. The first kappa shape index (κ1) is 12.8. The maximum atomic E-state index is 12.2. The highest BCUT2D eigenvalue weighted by Gasteiger charge is 2.32. The number of hydrogen-bond acceptors (Lipinski definition) is 3. The van der Waals surface area contributed by atoms with E-state index in [0.717, 1.165) is 37.4 Å². The van der Waals surface area contributed by atoms with Crippen LogP contribution in [0.5, 0.6) is 0 Å². The molecule has 1 amide bonds. The zero-order valence-corrected chi connectivity index (χ0v) is 11.0. The summed E-state index contributed by atoms with van der Waals surface area (Å²) in [5, 5.41) is 3.44. The van der Waals surface area contributed by atoms with Gasteiger partial charge in [0.25, 0.3) is 0 Å². The van der Waals surface area contributed by atoms with Crippen molar-refractivity contribution in [2.75, 3.05) is 24.6 Å². The van der Waals surface area contributed by atoms with Crippen LogP contribution in [0.1, 0.15) is 25.7 Å². The van der Waals surface area contributed by atoms with E-state index in [1.165, 1.54) is 12.8 Å². The molecule has 0 bridgehead atoms. The smallest absolute Gasteiger partial charge is 0.239 e. The van der Waals surface area contributed by atoms with E-state index in [2.05, 4.69) is 11.2 Å². The molecule has 2 fully saturated rings. The number of carbonyl (C=O) groups is 1. The van der Waals surface area contributed by atoms with E-state index in [1.807, 2.05) is 4.90 Å². The van der Waals surface area contributed by atoms with Crippen molar-refractivity contribution in [2.45, 2.75) is 37.8 Å². The van der Waals surface area contributed by atoms with Crippen molar-refractivity contribution in [3.63, 3.8) is 0 Å². The van der Waals surface area contributed by atoms with E-state index in [-0.39, 0.29) is 6.04 Å². The van der Waals surface area contributed by atoms with Crippen LogP contribution in [0.15, 0.2) is 0 Å². The number of carbonyl (C=O) groups excluding carboxylic acids is 1. The SMILES string of the molecule is C#CCSCCN1CCCC(NC2CC2)C1=O. The average Bonchev–Trinajstić information content (AvgIpc) is 3.13. The lowest BCUT2D eigenvalue weighted by atomic mass is 10.0. The van der Waals surface area contributed by atoms with Gasteiger partial charge in [-0.15, -0.1) is 18.2 Å². The largest absolute Gasteiger partial charge is 0.341 e. The Hall–Kier alpha value is -0.660. The summed E-state index contributed by atoms with van der Waals surface area (Å²) in [6.07, 6.45) is 9.80. The predicted molar refractivity (Wildman–Crippen MR) is 71.9 cm³/mol. The van der Waals surface area contributed by atoms with Gasteiger partial charge in [-0.1, -0.05) is 5.92 Å². The Kier molecular flexibility index (Phi) is 4.75. The van der Waals surface area contributed by atoms with Gasteiger partial charge in [0.1, 0.15) is 0 Å². The standard InChI is InChI=1S/C13H20N2OS/c1-2-9-17-10-8-15-7-3-4-12(13(15)16)14-11-5-6-11/h1,11-12,14H,3-10H2. The van der Waals surface area contributed by atoms with Gasteiger partial charge in [-0.3, -0.25) is 4.79 Å². The van der Waals surface area contributed by atoms with E-state index in [1.54, 1.807) is 11.8 Å². The van der Waals surface area contributed by atoms with Gasteiger partial charge in [0, 0.05) is 24.9 Å². The molecular weight excluding hydrogens is 232 g/mol. The summed E-state index contributed by atoms with van der Waals surface area (Å²) >= 11 is 1.73. The molecule has 1 unspecified atom stereocenters. The van der Waals surface area contributed by atoms with Gasteiger partial charge in [0.2, 0.25) is 5.91 Å². The van der Waals surface area contributed by atoms with Gasteiger partial charge in [-0.25, -0.2) is 0 Å². The second-order valence-corrected chi connectivity index (χ2v) is 5.82. The minimum atomic E-state index is 0.0777. The molecule has 17 heavy (non-hydrogen) atoms. The van der Waals surface area contributed by atoms with Gasteiger partial charge < -0.3 is 10.2 Å². The van der Waals surface area contributed by atoms with Gasteiger partial charge in [-0.05, 0) is 25.7 Å². The van der Waals surface area contributed by atoms with Gasteiger partial charge >= 0.3 is 0 Å². The molecule has 2 aliphatic rings. The molecule has 0 radical (unpaired) electrons. The van der Waals surface area contributed by atoms with Crippen LogP contribution in [0.25, 0.3) is 0 Å². The predicted octanol–water partition coefficient (Wildman–Crippen LogP) is 1.10. The number of likely N-dealkylation sites (tertiary alicyclic amines) is 1. The van der Waals surface area contributed by atoms with E-state index in [9.17, 15) is 4.79 Å². The van der Waals surface area contributed by atoms with Crippen LogP contribution >= 0.6 is 11.8 Å². The lowest BCUT2D eigenvalue weighted by molar-refractivity contribution is -0.135. The van der Waals surface area contributed by atoms with Crippen LogP contribution in [-0.4, -0.2) is 47.5 Å². The van der Waals surface area contributed by atoms with Crippen molar-refractivity contribution < 1.29 is 4.79 Å².